The van der Waals surface area contributed by atoms with Gasteiger partial charge in [0.25, 0.3) is 17.7 Å². The number of hydrazine groups is 1. The van der Waals surface area contributed by atoms with Gasteiger partial charge in [-0.25, -0.2) is 4.79 Å². The van der Waals surface area contributed by atoms with E-state index in [1.54, 1.807) is 32.9 Å². The van der Waals surface area contributed by atoms with Crippen molar-refractivity contribution in [3.05, 3.63) is 40.2 Å². The first kappa shape index (κ1) is 49.7. The number of hydrogen-bond acceptors (Lipinski definition) is 10. The minimum absolute atomic E-state index is 0.0247. The number of rotatable bonds is 28. The van der Waals surface area contributed by atoms with E-state index in [-0.39, 0.29) is 17.9 Å². The number of anilines is 1. The van der Waals surface area contributed by atoms with Crippen LogP contribution in [0.5, 0.6) is 0 Å². The molecule has 1 aromatic carbocycles. The lowest BCUT2D eigenvalue weighted by molar-refractivity contribution is -0.156. The van der Waals surface area contributed by atoms with Gasteiger partial charge in [0, 0.05) is 43.2 Å². The van der Waals surface area contributed by atoms with Crippen LogP contribution < -0.4 is 37.7 Å². The Morgan fingerprint density at radius 2 is 1.36 bits per heavy atom. The third-order valence-corrected chi connectivity index (χ3v) is 9.92. The zero-order chi connectivity index (χ0) is 42.9. The third kappa shape index (κ3) is 19.8. The average Bonchev–Trinajstić information content (AvgIpc) is 3.17. The summed E-state index contributed by atoms with van der Waals surface area (Å²) in [6.07, 6.45) is 17.2. The molecule has 0 fully saturated rings. The Bertz CT molecular complexity index is 1630. The minimum atomic E-state index is -1.31. The maximum Gasteiger partial charge on any atom is 0.349 e. The van der Waals surface area contributed by atoms with Crippen LogP contribution in [0.15, 0.2) is 33.5 Å². The van der Waals surface area contributed by atoms with Crippen LogP contribution >= 0.6 is 0 Å². The molecule has 0 saturated carbocycles. The predicted octanol–water partition coefficient (Wildman–Crippen LogP) is 6.71. The zero-order valence-corrected chi connectivity index (χ0v) is 36.1. The minimum Gasteiger partial charge on any atom is -0.460 e. The fourth-order valence-electron chi connectivity index (χ4n) is 6.60. The van der Waals surface area contributed by atoms with Crippen LogP contribution in [-0.2, 0) is 23.9 Å². The summed E-state index contributed by atoms with van der Waals surface area (Å²) in [5.74, 6) is -3.14. The lowest BCUT2D eigenvalue weighted by Gasteiger charge is -2.22. The summed E-state index contributed by atoms with van der Waals surface area (Å²) in [6.45, 7) is 13.2. The third-order valence-electron chi connectivity index (χ3n) is 9.92. The van der Waals surface area contributed by atoms with Crippen molar-refractivity contribution in [2.45, 2.75) is 175 Å². The molecular weight excluding hydrogens is 741 g/mol. The summed E-state index contributed by atoms with van der Waals surface area (Å²) < 4.78 is 10.7. The molecule has 0 spiro atoms. The van der Waals surface area contributed by atoms with Gasteiger partial charge in [0.15, 0.2) is 0 Å². The highest BCUT2D eigenvalue weighted by molar-refractivity contribution is 5.99. The molecular formula is C44H72N6O8. The lowest BCUT2D eigenvalue weighted by Crippen LogP contribution is -2.55. The van der Waals surface area contributed by atoms with Crippen molar-refractivity contribution in [1.82, 2.24) is 21.5 Å². The molecule has 326 valence electrons. The fourth-order valence-corrected chi connectivity index (χ4v) is 6.60. The maximum atomic E-state index is 13.4. The number of ether oxygens (including phenoxy) is 1. The highest BCUT2D eigenvalue weighted by atomic mass is 16.6. The van der Waals surface area contributed by atoms with Gasteiger partial charge in [-0.05, 0) is 78.5 Å². The molecule has 0 bridgehead atoms. The smallest absolute Gasteiger partial charge is 0.349 e. The van der Waals surface area contributed by atoms with E-state index in [0.717, 1.165) is 38.0 Å². The number of unbranched alkanes of at least 4 members (excludes halogenated alkanes) is 13. The van der Waals surface area contributed by atoms with Crippen molar-refractivity contribution < 1.29 is 33.1 Å². The predicted molar refractivity (Wildman–Crippen MR) is 229 cm³/mol. The number of nitrogens with one attached hydrogen (secondary N) is 4. The number of carbonyl (C=O) groups excluding carboxylic acids is 5. The topological polar surface area (TPSA) is 202 Å². The monoisotopic (exact) mass is 813 g/mol. The maximum absolute atomic E-state index is 13.4. The summed E-state index contributed by atoms with van der Waals surface area (Å²) in [5.41, 5.74) is 9.62. The van der Waals surface area contributed by atoms with Gasteiger partial charge in [-0.1, -0.05) is 84.0 Å². The van der Waals surface area contributed by atoms with E-state index in [2.05, 4.69) is 33.3 Å². The number of hydrogen-bond donors (Lipinski definition) is 5. The molecule has 0 saturated heterocycles. The summed E-state index contributed by atoms with van der Waals surface area (Å²) in [6, 6.07) is 4.31. The molecule has 0 aliphatic heterocycles. The van der Waals surface area contributed by atoms with E-state index >= 15 is 0 Å². The number of nitrogens with zero attached hydrogens (tertiary/aromatic N) is 1. The lowest BCUT2D eigenvalue weighted by atomic mass is 10.0. The number of benzene rings is 1. The second-order valence-electron chi connectivity index (χ2n) is 16.1. The Hall–Kier alpha value is -4.46. The normalized spacial score (nSPS) is 12.4. The van der Waals surface area contributed by atoms with Gasteiger partial charge < -0.3 is 30.4 Å². The van der Waals surface area contributed by atoms with Gasteiger partial charge in [-0.3, -0.25) is 34.8 Å². The first-order chi connectivity index (χ1) is 27.7. The molecule has 6 N–H and O–H groups in total. The number of amides is 4. The molecule has 0 aliphatic rings. The van der Waals surface area contributed by atoms with Gasteiger partial charge in [0.2, 0.25) is 5.91 Å². The number of nitrogens with two attached hydrogens (primary N) is 1. The van der Waals surface area contributed by atoms with Crippen LogP contribution in [-0.4, -0.2) is 66.9 Å². The average molecular weight is 813 g/mol. The molecule has 2 aromatic rings. The van der Waals surface area contributed by atoms with Crippen LogP contribution in [0.1, 0.15) is 167 Å². The molecule has 4 amide bonds. The first-order valence-electron chi connectivity index (χ1n) is 21.7. The van der Waals surface area contributed by atoms with Crippen LogP contribution in [0.25, 0.3) is 11.0 Å². The molecule has 14 heteroatoms. The molecule has 14 nitrogen and oxygen atoms in total. The van der Waals surface area contributed by atoms with Gasteiger partial charge in [-0.2, -0.15) is 0 Å². The summed E-state index contributed by atoms with van der Waals surface area (Å²) in [4.78, 5) is 79.1. The van der Waals surface area contributed by atoms with E-state index in [4.69, 9.17) is 14.9 Å². The van der Waals surface area contributed by atoms with Crippen molar-refractivity contribution in [2.24, 2.45) is 5.73 Å². The Morgan fingerprint density at radius 1 is 0.776 bits per heavy atom. The van der Waals surface area contributed by atoms with E-state index in [1.165, 1.54) is 70.3 Å². The molecule has 2 rings (SSSR count). The highest BCUT2D eigenvalue weighted by Crippen LogP contribution is 2.22. The second-order valence-corrected chi connectivity index (χ2v) is 16.1. The quantitative estimate of drug-likeness (QED) is 0.0266. The summed E-state index contributed by atoms with van der Waals surface area (Å²) in [5, 5.41) is 6.06. The van der Waals surface area contributed by atoms with E-state index in [9.17, 15) is 28.8 Å². The van der Waals surface area contributed by atoms with Crippen molar-refractivity contribution in [2.75, 3.05) is 24.5 Å². The van der Waals surface area contributed by atoms with E-state index < -0.39 is 53.4 Å². The Kier molecular flexibility index (Phi) is 23.4. The van der Waals surface area contributed by atoms with Crippen molar-refractivity contribution >= 4 is 46.3 Å². The number of esters is 1. The van der Waals surface area contributed by atoms with Gasteiger partial charge >= 0.3 is 11.6 Å². The Morgan fingerprint density at radius 3 is 1.95 bits per heavy atom. The molecule has 1 aromatic heterocycles. The largest absolute Gasteiger partial charge is 0.460 e. The molecule has 58 heavy (non-hydrogen) atoms. The van der Waals surface area contributed by atoms with E-state index in [0.29, 0.717) is 36.8 Å². The van der Waals surface area contributed by atoms with Crippen LogP contribution in [0.3, 0.4) is 0 Å². The SMILES string of the molecule is CCCCCCCCCCCCCCCC(=O)NCCCCC(NC(=O)c1cc2ccc(N(CC)CC)cc2oc1=O)C(=O)NNC(=O)[C@@H](N)CC(=O)OC(C)(C)C. The fraction of sp³-hybridized carbons (Fsp3) is 0.682. The summed E-state index contributed by atoms with van der Waals surface area (Å²) in [7, 11) is 0. The molecule has 0 aliphatic carbocycles. The van der Waals surface area contributed by atoms with Crippen molar-refractivity contribution in [3.8, 4) is 0 Å². The molecule has 1 unspecified atom stereocenters. The number of carbonyl (C=O) groups is 5. The number of fused-ring (bicyclic) bond motifs is 1. The van der Waals surface area contributed by atoms with Crippen LogP contribution in [0.4, 0.5) is 5.69 Å². The van der Waals surface area contributed by atoms with Crippen molar-refractivity contribution in [1.29, 1.82) is 0 Å². The molecule has 2 atom stereocenters. The molecule has 1 heterocycles. The van der Waals surface area contributed by atoms with Gasteiger partial charge in [0.05, 0.1) is 12.5 Å². The van der Waals surface area contributed by atoms with Crippen LogP contribution in [0.2, 0.25) is 0 Å². The molecule has 0 radical (unpaired) electrons. The zero-order valence-electron chi connectivity index (χ0n) is 36.1. The van der Waals surface area contributed by atoms with Crippen LogP contribution in [0, 0.1) is 0 Å². The van der Waals surface area contributed by atoms with Gasteiger partial charge in [0.1, 0.15) is 22.8 Å². The standard InChI is InChI=1S/C44H72N6O8/c1-7-10-11-12-13-14-15-16-17-18-19-20-21-25-38(51)46-28-23-22-24-36(42(55)49-48-41(54)35(45)31-39(52)58-44(4,5)6)47-40(53)34-29-32-26-27-33(50(8-2)9-3)30-37(32)57-43(34)56/h26-27,29-30,35-36H,7-25,28,31,45H2,1-6H3,(H,46,51)(H,47,53)(H,48,54)(H,49,55)/t35-,36?/m0/s1. The highest BCUT2D eigenvalue weighted by Gasteiger charge is 2.26. The Balaban J connectivity index is 1.91. The first-order valence-corrected chi connectivity index (χ1v) is 21.7. The van der Waals surface area contributed by atoms with Crippen molar-refractivity contribution in [3.63, 3.8) is 0 Å². The van der Waals surface area contributed by atoms with E-state index in [1.807, 2.05) is 19.9 Å². The summed E-state index contributed by atoms with van der Waals surface area (Å²) >= 11 is 0. The Labute approximate surface area is 345 Å². The second kappa shape index (κ2) is 27.3. The van der Waals surface area contributed by atoms with Gasteiger partial charge in [-0.15, -0.1) is 0 Å².